The molecule has 1 N–H and O–H groups in total. The lowest BCUT2D eigenvalue weighted by atomic mass is 10.1. The first-order chi connectivity index (χ1) is 12.3. The zero-order valence-electron chi connectivity index (χ0n) is 13.7. The predicted octanol–water partition coefficient (Wildman–Crippen LogP) is 3.18. The average Bonchev–Trinajstić information content (AvgIpc) is 2.82. The maximum absolute atomic E-state index is 12.4. The van der Waals surface area contributed by atoms with Gasteiger partial charge in [-0.15, -0.1) is 0 Å². The second-order valence-electron chi connectivity index (χ2n) is 4.91. The largest absolute Gasteiger partial charge is 0.478 e. The lowest BCUT2D eigenvalue weighted by molar-refractivity contribution is -0.139. The highest BCUT2D eigenvalue weighted by molar-refractivity contribution is 6.40. The molecule has 0 fully saturated rings. The van der Waals surface area contributed by atoms with Crippen molar-refractivity contribution in [3.63, 3.8) is 0 Å². The van der Waals surface area contributed by atoms with E-state index in [1.54, 1.807) is 0 Å². The molecule has 0 aromatic heterocycles. The highest BCUT2D eigenvalue weighted by Gasteiger charge is 2.30. The summed E-state index contributed by atoms with van der Waals surface area (Å²) in [4.78, 5) is 36.8. The number of hydrogen-bond donors (Lipinski definition) is 1. The summed E-state index contributed by atoms with van der Waals surface area (Å²) >= 11 is 12.4. The number of allylic oxidation sites excluding steroid dienone is 2. The molecular formula is C17H13Cl2NO6. The van der Waals surface area contributed by atoms with Crippen LogP contribution in [0.3, 0.4) is 0 Å². The lowest BCUT2D eigenvalue weighted by Crippen LogP contribution is -2.27. The van der Waals surface area contributed by atoms with Crippen molar-refractivity contribution in [3.05, 3.63) is 63.4 Å². The van der Waals surface area contributed by atoms with Gasteiger partial charge < -0.3 is 19.5 Å². The number of hydrogen-bond acceptors (Lipinski definition) is 6. The molecule has 0 saturated heterocycles. The molecule has 0 aliphatic carbocycles. The van der Waals surface area contributed by atoms with Crippen LogP contribution in [0.2, 0.25) is 10.0 Å². The molecule has 0 amide bonds. The second-order valence-corrected chi connectivity index (χ2v) is 5.72. The minimum atomic E-state index is -1.22. The number of carbonyl (C=O) groups is 3. The Bertz CT molecular complexity index is 849. The molecule has 1 aromatic carbocycles. The number of nitrogens with zero attached hydrogens (tertiary/aromatic N) is 1. The molecule has 26 heavy (non-hydrogen) atoms. The maximum atomic E-state index is 12.4. The number of carboxylic acids is 1. The molecule has 1 aromatic rings. The zero-order chi connectivity index (χ0) is 19.4. The van der Waals surface area contributed by atoms with E-state index < -0.39 is 17.9 Å². The highest BCUT2D eigenvalue weighted by Crippen LogP contribution is 2.39. The normalized spacial score (nSPS) is 13.5. The van der Waals surface area contributed by atoms with E-state index in [-0.39, 0.29) is 32.6 Å². The Morgan fingerprint density at radius 3 is 2.08 bits per heavy atom. The molecule has 0 spiro atoms. The molecular weight excluding hydrogens is 385 g/mol. The van der Waals surface area contributed by atoms with E-state index in [0.717, 1.165) is 7.11 Å². The molecule has 9 heteroatoms. The minimum absolute atomic E-state index is 0.0351. The fraction of sp³-hybridized carbons (Fsp3) is 0.118. The van der Waals surface area contributed by atoms with Gasteiger partial charge in [-0.1, -0.05) is 29.3 Å². The van der Waals surface area contributed by atoms with Crippen LogP contribution in [0, 0.1) is 0 Å². The second kappa shape index (κ2) is 8.07. The monoisotopic (exact) mass is 397 g/mol. The number of ether oxygens (including phenoxy) is 2. The number of methoxy groups -OCH3 is 2. The van der Waals surface area contributed by atoms with Gasteiger partial charge in [0, 0.05) is 6.20 Å². The van der Waals surface area contributed by atoms with E-state index in [1.165, 1.54) is 48.6 Å². The molecule has 0 saturated carbocycles. The first-order valence-corrected chi connectivity index (χ1v) is 7.84. The molecule has 0 bridgehead atoms. The van der Waals surface area contributed by atoms with E-state index in [4.69, 9.17) is 37.8 Å². The fourth-order valence-electron chi connectivity index (χ4n) is 2.26. The molecule has 0 radical (unpaired) electrons. The van der Waals surface area contributed by atoms with Crippen LogP contribution in [-0.2, 0) is 19.1 Å². The van der Waals surface area contributed by atoms with Gasteiger partial charge in [-0.2, -0.15) is 0 Å². The highest BCUT2D eigenvalue weighted by atomic mass is 35.5. The van der Waals surface area contributed by atoms with Crippen molar-refractivity contribution in [2.45, 2.75) is 0 Å². The van der Waals surface area contributed by atoms with Crippen LogP contribution in [0.1, 0.15) is 10.4 Å². The minimum Gasteiger partial charge on any atom is -0.478 e. The van der Waals surface area contributed by atoms with Crippen LogP contribution in [-0.4, -0.2) is 37.2 Å². The lowest BCUT2D eigenvalue weighted by Gasteiger charge is -2.25. The zero-order valence-corrected chi connectivity index (χ0v) is 15.2. The summed E-state index contributed by atoms with van der Waals surface area (Å²) in [6, 6.07) is 2.37. The average molecular weight is 398 g/mol. The predicted molar refractivity (Wildman–Crippen MR) is 95.2 cm³/mol. The van der Waals surface area contributed by atoms with E-state index in [2.05, 4.69) is 0 Å². The molecule has 1 aliphatic rings. The number of anilines is 1. The van der Waals surface area contributed by atoms with Crippen LogP contribution in [0.5, 0.6) is 0 Å². The third kappa shape index (κ3) is 3.74. The molecule has 7 nitrogen and oxygen atoms in total. The number of carboxylic acid groups (broad SMARTS) is 1. The fourth-order valence-corrected chi connectivity index (χ4v) is 2.93. The van der Waals surface area contributed by atoms with Crippen LogP contribution < -0.4 is 4.90 Å². The van der Waals surface area contributed by atoms with Crippen LogP contribution in [0.15, 0.2) is 47.8 Å². The summed E-state index contributed by atoms with van der Waals surface area (Å²) < 4.78 is 9.48. The summed E-state index contributed by atoms with van der Waals surface area (Å²) in [5.74, 6) is -2.83. The topological polar surface area (TPSA) is 93.1 Å². The Kier molecular flexibility index (Phi) is 6.07. The van der Waals surface area contributed by atoms with Gasteiger partial charge in [-0.05, 0) is 24.3 Å². The Hall–Kier alpha value is -2.77. The van der Waals surface area contributed by atoms with Gasteiger partial charge in [-0.25, -0.2) is 14.4 Å². The Labute approximate surface area is 158 Å². The van der Waals surface area contributed by atoms with Crippen molar-refractivity contribution in [2.24, 2.45) is 0 Å². The van der Waals surface area contributed by atoms with Crippen molar-refractivity contribution in [2.75, 3.05) is 19.1 Å². The van der Waals surface area contributed by atoms with E-state index in [9.17, 15) is 14.4 Å². The molecule has 2 rings (SSSR count). The van der Waals surface area contributed by atoms with Crippen molar-refractivity contribution in [1.82, 2.24) is 0 Å². The number of benzene rings is 1. The van der Waals surface area contributed by atoms with Crippen LogP contribution in [0.4, 0.5) is 5.69 Å². The number of rotatable bonds is 4. The number of halogens is 2. The number of carbonyl (C=O) groups excluding carboxylic acids is 2. The summed E-state index contributed by atoms with van der Waals surface area (Å²) in [5, 5.41) is 9.04. The van der Waals surface area contributed by atoms with Crippen LogP contribution >= 0.6 is 23.2 Å². The molecule has 0 unspecified atom stereocenters. The van der Waals surface area contributed by atoms with E-state index >= 15 is 0 Å². The first-order valence-electron chi connectivity index (χ1n) is 7.09. The summed E-state index contributed by atoms with van der Waals surface area (Å²) in [7, 11) is 2.32. The summed E-state index contributed by atoms with van der Waals surface area (Å²) in [6.07, 6.45) is 5.87. The van der Waals surface area contributed by atoms with E-state index in [1.807, 2.05) is 0 Å². The third-order valence-electron chi connectivity index (χ3n) is 3.39. The van der Waals surface area contributed by atoms with Crippen molar-refractivity contribution >= 4 is 46.8 Å². The summed E-state index contributed by atoms with van der Waals surface area (Å²) in [6.45, 7) is 0. The SMILES string of the molecule is COC(=O)C1=C(C(=O)OC)N(c2c(Cl)cc(C(=O)O)cc2Cl)C=CC=C1. The Morgan fingerprint density at radius 1 is 1.00 bits per heavy atom. The molecule has 0 atom stereocenters. The van der Waals surface area contributed by atoms with Gasteiger partial charge in [0.2, 0.25) is 0 Å². The quantitative estimate of drug-likeness (QED) is 0.779. The van der Waals surface area contributed by atoms with Gasteiger partial charge >= 0.3 is 17.9 Å². The Balaban J connectivity index is 2.76. The molecule has 136 valence electrons. The van der Waals surface area contributed by atoms with Crippen LogP contribution in [0.25, 0.3) is 0 Å². The number of esters is 2. The van der Waals surface area contributed by atoms with Gasteiger partial charge in [0.05, 0.1) is 41.1 Å². The maximum Gasteiger partial charge on any atom is 0.355 e. The Morgan fingerprint density at radius 2 is 1.58 bits per heavy atom. The summed E-state index contributed by atoms with van der Waals surface area (Å²) in [5.41, 5.74) is -0.285. The molecule has 1 aliphatic heterocycles. The first kappa shape index (κ1) is 19.6. The van der Waals surface area contributed by atoms with Crippen molar-refractivity contribution < 1.29 is 29.0 Å². The van der Waals surface area contributed by atoms with Gasteiger partial charge in [0.25, 0.3) is 0 Å². The number of aromatic carboxylic acids is 1. The van der Waals surface area contributed by atoms with Gasteiger partial charge in [-0.3, -0.25) is 0 Å². The standard InChI is InChI=1S/C17H13Cl2NO6/c1-25-16(23)10-5-3-4-6-20(13(10)17(24)26-2)14-11(18)7-9(15(21)22)8-12(14)19/h3-8H,1-2H3,(H,21,22). The van der Waals surface area contributed by atoms with Gasteiger partial charge in [0.1, 0.15) is 5.70 Å². The molecule has 1 heterocycles. The van der Waals surface area contributed by atoms with Crippen molar-refractivity contribution in [3.8, 4) is 0 Å². The smallest absolute Gasteiger partial charge is 0.355 e. The van der Waals surface area contributed by atoms with E-state index in [0.29, 0.717) is 0 Å². The van der Waals surface area contributed by atoms with Gasteiger partial charge in [0.15, 0.2) is 0 Å². The third-order valence-corrected chi connectivity index (χ3v) is 3.97. The van der Waals surface area contributed by atoms with Crippen molar-refractivity contribution in [1.29, 1.82) is 0 Å².